The van der Waals surface area contributed by atoms with Crippen LogP contribution in [0.5, 0.6) is 0 Å². The van der Waals surface area contributed by atoms with E-state index in [9.17, 15) is 9.18 Å². The molecule has 1 rings (SSSR count). The third-order valence-electron chi connectivity index (χ3n) is 1.88. The molecule has 0 aliphatic carbocycles. The first-order valence-electron chi connectivity index (χ1n) is 4.77. The van der Waals surface area contributed by atoms with Crippen LogP contribution in [-0.4, -0.2) is 24.7 Å². The lowest BCUT2D eigenvalue weighted by Crippen LogP contribution is -2.04. The minimum absolute atomic E-state index is 0.179. The number of nitrogens with one attached hydrogen (secondary N) is 1. The predicted octanol–water partition coefficient (Wildman–Crippen LogP) is 1.02. The maximum Gasteiger partial charge on any atom is 0.307 e. The Morgan fingerprint density at radius 2 is 2.31 bits per heavy atom. The summed E-state index contributed by atoms with van der Waals surface area (Å²) in [5.74, 6) is 3.93. The van der Waals surface area contributed by atoms with Crippen LogP contribution >= 0.6 is 0 Å². The molecular weight excluding hydrogens is 209 g/mol. The molecule has 84 valence electrons. The van der Waals surface area contributed by atoms with Crippen molar-refractivity contribution in [3.05, 3.63) is 35.1 Å². The van der Waals surface area contributed by atoms with Gasteiger partial charge in [-0.2, -0.15) is 0 Å². The summed E-state index contributed by atoms with van der Waals surface area (Å²) >= 11 is 0. The van der Waals surface area contributed by atoms with E-state index in [1.54, 1.807) is 13.1 Å². The first-order valence-corrected chi connectivity index (χ1v) is 4.77. The molecule has 16 heavy (non-hydrogen) atoms. The highest BCUT2D eigenvalue weighted by Crippen LogP contribution is 2.09. The molecule has 0 aliphatic rings. The Labute approximate surface area is 93.3 Å². The first-order chi connectivity index (χ1) is 7.63. The maximum atomic E-state index is 13.4. The predicted molar refractivity (Wildman–Crippen MR) is 58.5 cm³/mol. The molecule has 0 heterocycles. The Kier molecular flexibility index (Phi) is 4.49. The maximum absolute atomic E-state index is 13.4. The van der Waals surface area contributed by atoms with Gasteiger partial charge in [0.15, 0.2) is 0 Å². The number of benzene rings is 1. The lowest BCUT2D eigenvalue weighted by Gasteiger charge is -1.99. The standard InChI is InChI=1S/C12H12FNO2/c1-14-6-2-3-10-5-4-9(7-11(10)13)8-12(15)16/h4-5,7,14H,6,8H2,1H3,(H,15,16). The molecule has 0 amide bonds. The smallest absolute Gasteiger partial charge is 0.307 e. The first kappa shape index (κ1) is 12.2. The second kappa shape index (κ2) is 5.89. The number of carboxylic acid groups (broad SMARTS) is 1. The summed E-state index contributed by atoms with van der Waals surface area (Å²) in [6.07, 6.45) is -0.179. The molecule has 0 aliphatic heterocycles. The van der Waals surface area contributed by atoms with Crippen LogP contribution in [0.4, 0.5) is 4.39 Å². The number of halogens is 1. The Balaban J connectivity index is 2.84. The van der Waals surface area contributed by atoms with Crippen LogP contribution in [0.25, 0.3) is 0 Å². The molecule has 0 spiro atoms. The second-order valence-electron chi connectivity index (χ2n) is 3.22. The zero-order valence-corrected chi connectivity index (χ0v) is 8.88. The van der Waals surface area contributed by atoms with E-state index in [0.29, 0.717) is 12.1 Å². The highest BCUT2D eigenvalue weighted by Gasteiger charge is 2.04. The van der Waals surface area contributed by atoms with Crippen molar-refractivity contribution in [2.24, 2.45) is 0 Å². The average molecular weight is 221 g/mol. The SMILES string of the molecule is CNCC#Cc1ccc(CC(=O)O)cc1F. The number of hydrogen-bond donors (Lipinski definition) is 2. The third kappa shape index (κ3) is 3.71. The molecule has 0 unspecified atom stereocenters. The molecule has 1 aromatic carbocycles. The summed E-state index contributed by atoms with van der Waals surface area (Å²) in [5.41, 5.74) is 0.716. The van der Waals surface area contributed by atoms with Crippen molar-refractivity contribution >= 4 is 5.97 Å². The number of carbonyl (C=O) groups is 1. The molecule has 0 saturated heterocycles. The summed E-state index contributed by atoms with van der Waals surface area (Å²) in [7, 11) is 1.75. The van der Waals surface area contributed by atoms with Gasteiger partial charge in [0.05, 0.1) is 18.5 Å². The summed E-state index contributed by atoms with van der Waals surface area (Å²) in [5, 5.41) is 11.4. The zero-order valence-electron chi connectivity index (χ0n) is 8.88. The fourth-order valence-electron chi connectivity index (χ4n) is 1.17. The van der Waals surface area contributed by atoms with E-state index < -0.39 is 11.8 Å². The van der Waals surface area contributed by atoms with Gasteiger partial charge in [-0.15, -0.1) is 0 Å². The summed E-state index contributed by atoms with van der Waals surface area (Å²) < 4.78 is 13.4. The van der Waals surface area contributed by atoms with Crippen molar-refractivity contribution in [1.82, 2.24) is 5.32 Å². The quantitative estimate of drug-likeness (QED) is 0.749. The topological polar surface area (TPSA) is 49.3 Å². The van der Waals surface area contributed by atoms with E-state index in [1.165, 1.54) is 12.1 Å². The molecular formula is C12H12FNO2. The number of rotatable bonds is 3. The Morgan fingerprint density at radius 3 is 2.88 bits per heavy atom. The Hall–Kier alpha value is -1.86. The molecule has 3 nitrogen and oxygen atoms in total. The lowest BCUT2D eigenvalue weighted by molar-refractivity contribution is -0.136. The van der Waals surface area contributed by atoms with Crippen molar-refractivity contribution in [3.63, 3.8) is 0 Å². The fourth-order valence-corrected chi connectivity index (χ4v) is 1.17. The number of hydrogen-bond acceptors (Lipinski definition) is 2. The minimum Gasteiger partial charge on any atom is -0.481 e. The molecule has 0 fully saturated rings. The normalized spacial score (nSPS) is 9.38. The van der Waals surface area contributed by atoms with E-state index in [-0.39, 0.29) is 12.0 Å². The van der Waals surface area contributed by atoms with Gasteiger partial charge in [-0.1, -0.05) is 17.9 Å². The highest BCUT2D eigenvalue weighted by atomic mass is 19.1. The van der Waals surface area contributed by atoms with Gasteiger partial charge in [-0.3, -0.25) is 4.79 Å². The van der Waals surface area contributed by atoms with Crippen LogP contribution in [-0.2, 0) is 11.2 Å². The number of carboxylic acids is 1. The van der Waals surface area contributed by atoms with E-state index in [0.717, 1.165) is 0 Å². The van der Waals surface area contributed by atoms with Crippen molar-refractivity contribution in [3.8, 4) is 11.8 Å². The van der Waals surface area contributed by atoms with E-state index in [1.807, 2.05) is 0 Å². The molecule has 2 N–H and O–H groups in total. The Morgan fingerprint density at radius 1 is 1.56 bits per heavy atom. The average Bonchev–Trinajstić information content (AvgIpc) is 2.20. The molecule has 4 heteroatoms. The Bertz CT molecular complexity index is 446. The van der Waals surface area contributed by atoms with Gasteiger partial charge < -0.3 is 10.4 Å². The largest absolute Gasteiger partial charge is 0.481 e. The summed E-state index contributed by atoms with van der Waals surface area (Å²) in [6.45, 7) is 0.482. The van der Waals surface area contributed by atoms with Crippen molar-refractivity contribution in [2.45, 2.75) is 6.42 Å². The van der Waals surface area contributed by atoms with Gasteiger partial charge >= 0.3 is 5.97 Å². The van der Waals surface area contributed by atoms with Crippen LogP contribution in [0, 0.1) is 17.7 Å². The third-order valence-corrected chi connectivity index (χ3v) is 1.88. The second-order valence-corrected chi connectivity index (χ2v) is 3.22. The molecule has 0 radical (unpaired) electrons. The van der Waals surface area contributed by atoms with E-state index >= 15 is 0 Å². The van der Waals surface area contributed by atoms with E-state index in [2.05, 4.69) is 17.2 Å². The van der Waals surface area contributed by atoms with Gasteiger partial charge in [0, 0.05) is 0 Å². The molecule has 1 aromatic rings. The van der Waals surface area contributed by atoms with Crippen LogP contribution in [0.2, 0.25) is 0 Å². The summed E-state index contributed by atoms with van der Waals surface area (Å²) in [4.78, 5) is 10.4. The van der Waals surface area contributed by atoms with Crippen molar-refractivity contribution in [1.29, 1.82) is 0 Å². The molecule has 0 aromatic heterocycles. The summed E-state index contributed by atoms with van der Waals surface area (Å²) in [6, 6.07) is 4.27. The van der Waals surface area contributed by atoms with Crippen LogP contribution in [0.15, 0.2) is 18.2 Å². The minimum atomic E-state index is -0.978. The highest BCUT2D eigenvalue weighted by molar-refractivity contribution is 5.70. The van der Waals surface area contributed by atoms with Crippen LogP contribution in [0.3, 0.4) is 0 Å². The van der Waals surface area contributed by atoms with Crippen LogP contribution < -0.4 is 5.32 Å². The van der Waals surface area contributed by atoms with Gasteiger partial charge in [0.2, 0.25) is 0 Å². The number of aliphatic carboxylic acids is 1. The zero-order chi connectivity index (χ0) is 12.0. The van der Waals surface area contributed by atoms with Crippen molar-refractivity contribution < 1.29 is 14.3 Å². The van der Waals surface area contributed by atoms with Crippen molar-refractivity contribution in [2.75, 3.05) is 13.6 Å². The van der Waals surface area contributed by atoms with Gasteiger partial charge in [0.25, 0.3) is 0 Å². The molecule has 0 saturated carbocycles. The molecule has 0 atom stereocenters. The van der Waals surface area contributed by atoms with Gasteiger partial charge in [-0.25, -0.2) is 4.39 Å². The molecule has 0 bridgehead atoms. The van der Waals surface area contributed by atoms with Gasteiger partial charge in [-0.05, 0) is 24.7 Å². The van der Waals surface area contributed by atoms with Gasteiger partial charge in [0.1, 0.15) is 5.82 Å². The fraction of sp³-hybridized carbons (Fsp3) is 0.250. The lowest BCUT2D eigenvalue weighted by atomic mass is 10.1. The van der Waals surface area contributed by atoms with E-state index in [4.69, 9.17) is 5.11 Å². The monoisotopic (exact) mass is 221 g/mol. The van der Waals surface area contributed by atoms with Crippen LogP contribution in [0.1, 0.15) is 11.1 Å².